The summed E-state index contributed by atoms with van der Waals surface area (Å²) in [7, 11) is 0. The van der Waals surface area contributed by atoms with Crippen LogP contribution in [-0.2, 0) is 19.1 Å². The summed E-state index contributed by atoms with van der Waals surface area (Å²) in [6.45, 7) is 5.45. The third kappa shape index (κ3) is 2.45. The van der Waals surface area contributed by atoms with E-state index in [1.54, 1.807) is 11.8 Å². The number of carbonyl (C=O) groups excluding carboxylic acids is 2. The summed E-state index contributed by atoms with van der Waals surface area (Å²) >= 11 is 0. The summed E-state index contributed by atoms with van der Waals surface area (Å²) in [5.41, 5.74) is 0.866. The van der Waals surface area contributed by atoms with Gasteiger partial charge in [-0.1, -0.05) is 37.3 Å². The van der Waals surface area contributed by atoms with Crippen LogP contribution < -0.4 is 0 Å². The highest BCUT2D eigenvalue weighted by molar-refractivity contribution is 5.97. The molecule has 122 valence electrons. The van der Waals surface area contributed by atoms with Crippen LogP contribution in [-0.4, -0.2) is 35.0 Å². The maximum Gasteiger partial charge on any atom is 0.302 e. The lowest BCUT2D eigenvalue weighted by molar-refractivity contribution is -0.155. The Balaban J connectivity index is 2.01. The maximum absolute atomic E-state index is 12.7. The molecule has 2 heterocycles. The van der Waals surface area contributed by atoms with Gasteiger partial charge in [-0.05, 0) is 19.4 Å². The highest BCUT2D eigenvalue weighted by atomic mass is 16.6. The van der Waals surface area contributed by atoms with Gasteiger partial charge < -0.3 is 9.47 Å². The zero-order valence-electron chi connectivity index (χ0n) is 13.6. The predicted octanol–water partition coefficient (Wildman–Crippen LogP) is 2.58. The molecule has 23 heavy (non-hydrogen) atoms. The maximum atomic E-state index is 12.7. The quantitative estimate of drug-likeness (QED) is 0.801. The van der Waals surface area contributed by atoms with E-state index in [-0.39, 0.29) is 11.9 Å². The van der Waals surface area contributed by atoms with Gasteiger partial charge in [0.05, 0.1) is 6.61 Å². The number of hydrogen-bond acceptors (Lipinski definition) is 4. The van der Waals surface area contributed by atoms with Crippen LogP contribution in [0.15, 0.2) is 42.0 Å². The minimum absolute atomic E-state index is 0.0676. The Morgan fingerprint density at radius 2 is 2.13 bits per heavy atom. The van der Waals surface area contributed by atoms with Gasteiger partial charge in [0.15, 0.2) is 6.23 Å². The topological polar surface area (TPSA) is 55.8 Å². The molecule has 5 heteroatoms. The molecule has 1 fully saturated rings. The van der Waals surface area contributed by atoms with Crippen LogP contribution in [0.25, 0.3) is 0 Å². The summed E-state index contributed by atoms with van der Waals surface area (Å²) in [6, 6.07) is 9.64. The molecule has 0 unspecified atom stereocenters. The van der Waals surface area contributed by atoms with Crippen molar-refractivity contribution in [3.05, 3.63) is 47.5 Å². The highest BCUT2D eigenvalue weighted by Gasteiger charge is 2.58. The van der Waals surface area contributed by atoms with Crippen molar-refractivity contribution in [1.82, 2.24) is 4.90 Å². The first-order chi connectivity index (χ1) is 11.0. The van der Waals surface area contributed by atoms with Crippen molar-refractivity contribution in [3.8, 4) is 0 Å². The van der Waals surface area contributed by atoms with E-state index in [1.165, 1.54) is 6.92 Å². The molecule has 0 aliphatic carbocycles. The fraction of sp³-hybridized carbons (Fsp3) is 0.444. The molecule has 1 aromatic carbocycles. The molecule has 2 aliphatic heterocycles. The Morgan fingerprint density at radius 1 is 1.43 bits per heavy atom. The summed E-state index contributed by atoms with van der Waals surface area (Å²) in [6.07, 6.45) is 1.63. The third-order valence-corrected chi connectivity index (χ3v) is 4.50. The molecule has 0 spiro atoms. The monoisotopic (exact) mass is 315 g/mol. The largest absolute Gasteiger partial charge is 0.460 e. The zero-order chi connectivity index (χ0) is 16.6. The number of benzene rings is 1. The van der Waals surface area contributed by atoms with E-state index in [2.05, 4.69) is 0 Å². The van der Waals surface area contributed by atoms with Gasteiger partial charge in [-0.3, -0.25) is 14.5 Å². The third-order valence-electron chi connectivity index (χ3n) is 4.50. The lowest BCUT2D eigenvalue weighted by atomic mass is 9.91. The lowest BCUT2D eigenvalue weighted by Crippen LogP contribution is -2.54. The molecule has 0 saturated carbocycles. The van der Waals surface area contributed by atoms with Crippen LogP contribution in [0.4, 0.5) is 0 Å². The highest BCUT2D eigenvalue weighted by Crippen LogP contribution is 2.46. The van der Waals surface area contributed by atoms with Crippen LogP contribution in [0, 0.1) is 0 Å². The van der Waals surface area contributed by atoms with E-state index in [4.69, 9.17) is 9.47 Å². The molecule has 1 aromatic rings. The number of nitrogens with zero attached hydrogens (tertiary/aromatic N) is 1. The van der Waals surface area contributed by atoms with Gasteiger partial charge in [-0.15, -0.1) is 0 Å². The molecule has 0 aromatic heterocycles. The normalized spacial score (nSPS) is 27.6. The van der Waals surface area contributed by atoms with Crippen LogP contribution in [0.3, 0.4) is 0 Å². The van der Waals surface area contributed by atoms with E-state index in [0.717, 1.165) is 5.56 Å². The SMILES string of the molecule is CC[C@@H](OC(C)=O)[C@]12C=C(C)C(=O)N1[C@@H](c1ccccc1)OC2. The second-order valence-electron chi connectivity index (χ2n) is 6.07. The van der Waals surface area contributed by atoms with Crippen molar-refractivity contribution >= 4 is 11.9 Å². The number of ether oxygens (including phenoxy) is 2. The van der Waals surface area contributed by atoms with Gasteiger partial charge in [-0.2, -0.15) is 0 Å². The first-order valence-electron chi connectivity index (χ1n) is 7.86. The smallest absolute Gasteiger partial charge is 0.302 e. The molecule has 5 nitrogen and oxygen atoms in total. The van der Waals surface area contributed by atoms with Crippen molar-refractivity contribution < 1.29 is 19.1 Å². The average molecular weight is 315 g/mol. The Labute approximate surface area is 135 Å². The summed E-state index contributed by atoms with van der Waals surface area (Å²) in [5.74, 6) is -0.415. The number of carbonyl (C=O) groups is 2. The Bertz CT molecular complexity index is 654. The fourth-order valence-corrected chi connectivity index (χ4v) is 3.55. The Morgan fingerprint density at radius 3 is 2.74 bits per heavy atom. The van der Waals surface area contributed by atoms with Crippen molar-refractivity contribution in [3.63, 3.8) is 0 Å². The second kappa shape index (κ2) is 5.81. The predicted molar refractivity (Wildman–Crippen MR) is 84.3 cm³/mol. The van der Waals surface area contributed by atoms with E-state index in [1.807, 2.05) is 43.3 Å². The zero-order valence-corrected chi connectivity index (χ0v) is 13.6. The number of hydrogen-bond donors (Lipinski definition) is 0. The van der Waals surface area contributed by atoms with Crippen LogP contribution >= 0.6 is 0 Å². The van der Waals surface area contributed by atoms with Gasteiger partial charge in [0.2, 0.25) is 0 Å². The first kappa shape index (κ1) is 15.7. The standard InChI is InChI=1S/C18H21NO4/c1-4-15(23-13(3)20)18-10-12(2)16(21)19(18)17(22-11-18)14-8-6-5-7-9-14/h5-10,15,17H,4,11H2,1-3H3/t15-,17-,18-/m1/s1. The van der Waals surface area contributed by atoms with Gasteiger partial charge in [0, 0.05) is 18.1 Å². The molecule has 3 rings (SSSR count). The van der Waals surface area contributed by atoms with E-state index < -0.39 is 17.9 Å². The van der Waals surface area contributed by atoms with Gasteiger partial charge in [0.1, 0.15) is 11.6 Å². The van der Waals surface area contributed by atoms with Gasteiger partial charge in [-0.25, -0.2) is 0 Å². The molecule has 1 amide bonds. The fourth-order valence-electron chi connectivity index (χ4n) is 3.55. The molecule has 0 N–H and O–H groups in total. The van der Waals surface area contributed by atoms with Gasteiger partial charge >= 0.3 is 5.97 Å². The summed E-state index contributed by atoms with van der Waals surface area (Å²) < 4.78 is 11.5. The first-order valence-corrected chi connectivity index (χ1v) is 7.86. The summed E-state index contributed by atoms with van der Waals surface area (Å²) in [5, 5.41) is 0. The van der Waals surface area contributed by atoms with Crippen LogP contribution in [0.5, 0.6) is 0 Å². The van der Waals surface area contributed by atoms with Crippen molar-refractivity contribution in [2.45, 2.75) is 45.1 Å². The molecule has 3 atom stereocenters. The number of fused-ring (bicyclic) bond motifs is 1. The van der Waals surface area contributed by atoms with Crippen molar-refractivity contribution in [2.24, 2.45) is 0 Å². The van der Waals surface area contributed by atoms with Crippen LogP contribution in [0.1, 0.15) is 39.0 Å². The number of esters is 1. The van der Waals surface area contributed by atoms with Crippen LogP contribution in [0.2, 0.25) is 0 Å². The molecule has 1 saturated heterocycles. The molecule has 0 radical (unpaired) electrons. The lowest BCUT2D eigenvalue weighted by Gasteiger charge is -2.37. The number of rotatable bonds is 4. The van der Waals surface area contributed by atoms with E-state index in [0.29, 0.717) is 18.6 Å². The Hall–Kier alpha value is -2.14. The molecule has 0 bridgehead atoms. The molecular weight excluding hydrogens is 294 g/mol. The van der Waals surface area contributed by atoms with E-state index >= 15 is 0 Å². The number of amides is 1. The average Bonchev–Trinajstić information content (AvgIpc) is 3.03. The second-order valence-corrected chi connectivity index (χ2v) is 6.07. The van der Waals surface area contributed by atoms with Gasteiger partial charge in [0.25, 0.3) is 5.91 Å². The molecule has 2 aliphatic rings. The molecular formula is C18H21NO4. The minimum Gasteiger partial charge on any atom is -0.460 e. The summed E-state index contributed by atoms with van der Waals surface area (Å²) in [4.78, 5) is 25.9. The Kier molecular flexibility index (Phi) is 3.98. The van der Waals surface area contributed by atoms with Crippen molar-refractivity contribution in [1.29, 1.82) is 0 Å². The minimum atomic E-state index is -0.720. The van der Waals surface area contributed by atoms with Crippen molar-refractivity contribution in [2.75, 3.05) is 6.61 Å². The van der Waals surface area contributed by atoms with E-state index in [9.17, 15) is 9.59 Å².